The fourth-order valence-electron chi connectivity index (χ4n) is 3.86. The molecule has 30 heavy (non-hydrogen) atoms. The van der Waals surface area contributed by atoms with E-state index in [1.165, 1.54) is 12.1 Å². The predicted octanol–water partition coefficient (Wildman–Crippen LogP) is 7.38. The van der Waals surface area contributed by atoms with Gasteiger partial charge in [-0.3, -0.25) is 0 Å². The Kier molecular flexibility index (Phi) is 6.83. The van der Waals surface area contributed by atoms with E-state index in [0.29, 0.717) is 18.1 Å². The lowest BCUT2D eigenvalue weighted by Crippen LogP contribution is -2.22. The van der Waals surface area contributed by atoms with E-state index in [-0.39, 0.29) is 0 Å². The summed E-state index contributed by atoms with van der Waals surface area (Å²) in [6.07, 6.45) is 1.52. The van der Waals surface area contributed by atoms with Gasteiger partial charge in [0.05, 0.1) is 5.56 Å². The van der Waals surface area contributed by atoms with Crippen molar-refractivity contribution >= 4 is 0 Å². The van der Waals surface area contributed by atoms with Crippen LogP contribution in [0.2, 0.25) is 0 Å². The highest BCUT2D eigenvalue weighted by Crippen LogP contribution is 2.39. The normalized spacial score (nSPS) is 19.7. The van der Waals surface area contributed by atoms with Crippen molar-refractivity contribution in [1.29, 1.82) is 0 Å². The zero-order valence-electron chi connectivity index (χ0n) is 16.3. The molecule has 0 saturated heterocycles. The van der Waals surface area contributed by atoms with Gasteiger partial charge >= 0.3 is 12.7 Å². The monoisotopic (exact) mass is 432 g/mol. The summed E-state index contributed by atoms with van der Waals surface area (Å²) in [7, 11) is 0. The fraction of sp³-hybridized carbons (Fsp3) is 0.455. The van der Waals surface area contributed by atoms with Gasteiger partial charge in [0.15, 0.2) is 17.4 Å². The SMILES string of the molecule is CCC1CCC(c2ccc(C(F)(F)Oc3cc(F)c(OC(F)F)c(F)c3)cc2)CC1. The number of halogens is 6. The van der Waals surface area contributed by atoms with Crippen LogP contribution in [-0.2, 0) is 6.11 Å². The van der Waals surface area contributed by atoms with Gasteiger partial charge in [-0.15, -0.1) is 0 Å². The highest BCUT2D eigenvalue weighted by Gasteiger charge is 2.35. The van der Waals surface area contributed by atoms with Gasteiger partial charge in [-0.05, 0) is 55.2 Å². The highest BCUT2D eigenvalue weighted by molar-refractivity contribution is 5.36. The summed E-state index contributed by atoms with van der Waals surface area (Å²) in [6.45, 7) is -1.29. The van der Waals surface area contributed by atoms with E-state index in [2.05, 4.69) is 16.4 Å². The fourth-order valence-corrected chi connectivity index (χ4v) is 3.86. The van der Waals surface area contributed by atoms with E-state index in [1.807, 2.05) is 0 Å². The summed E-state index contributed by atoms with van der Waals surface area (Å²) >= 11 is 0. The number of hydrogen-bond acceptors (Lipinski definition) is 2. The Morgan fingerprint density at radius 1 is 0.967 bits per heavy atom. The van der Waals surface area contributed by atoms with Gasteiger partial charge < -0.3 is 9.47 Å². The first kappa shape index (κ1) is 22.3. The third-order valence-electron chi connectivity index (χ3n) is 5.57. The second-order valence-corrected chi connectivity index (χ2v) is 7.46. The molecule has 0 atom stereocenters. The van der Waals surface area contributed by atoms with E-state index < -0.39 is 41.4 Å². The average Bonchev–Trinajstić information content (AvgIpc) is 2.70. The van der Waals surface area contributed by atoms with Crippen molar-refractivity contribution in [3.8, 4) is 11.5 Å². The molecular weight excluding hydrogens is 410 g/mol. The predicted molar refractivity (Wildman–Crippen MR) is 98.9 cm³/mol. The molecule has 0 aliphatic heterocycles. The maximum Gasteiger partial charge on any atom is 0.426 e. The Bertz CT molecular complexity index is 822. The largest absolute Gasteiger partial charge is 0.429 e. The summed E-state index contributed by atoms with van der Waals surface area (Å²) < 4.78 is 88.9. The number of hydrogen-bond donors (Lipinski definition) is 0. The van der Waals surface area contributed by atoms with Gasteiger partial charge in [0.1, 0.15) is 5.75 Å². The molecule has 0 spiro atoms. The average molecular weight is 432 g/mol. The highest BCUT2D eigenvalue weighted by atomic mass is 19.3. The quantitative estimate of drug-likeness (QED) is 0.425. The number of rotatable bonds is 7. The lowest BCUT2D eigenvalue weighted by molar-refractivity contribution is -0.185. The van der Waals surface area contributed by atoms with Crippen LogP contribution < -0.4 is 9.47 Å². The van der Waals surface area contributed by atoms with Gasteiger partial charge in [-0.2, -0.15) is 17.6 Å². The molecule has 0 radical (unpaired) electrons. The smallest absolute Gasteiger partial charge is 0.426 e. The minimum absolute atomic E-state index is 0.321. The molecule has 0 aromatic heterocycles. The van der Waals surface area contributed by atoms with Crippen molar-refractivity contribution in [3.05, 3.63) is 59.2 Å². The Balaban J connectivity index is 1.71. The van der Waals surface area contributed by atoms with E-state index in [9.17, 15) is 26.3 Å². The zero-order valence-corrected chi connectivity index (χ0v) is 16.3. The molecule has 2 aromatic rings. The molecule has 2 nitrogen and oxygen atoms in total. The topological polar surface area (TPSA) is 18.5 Å². The third kappa shape index (κ3) is 5.21. The van der Waals surface area contributed by atoms with Crippen LogP contribution in [0.5, 0.6) is 11.5 Å². The molecule has 1 saturated carbocycles. The molecule has 164 valence electrons. The summed E-state index contributed by atoms with van der Waals surface area (Å²) in [5.74, 6) is -4.31. The maximum atomic E-state index is 14.5. The van der Waals surface area contributed by atoms with Crippen molar-refractivity contribution in [1.82, 2.24) is 0 Å². The van der Waals surface area contributed by atoms with Gasteiger partial charge in [-0.25, -0.2) is 8.78 Å². The van der Waals surface area contributed by atoms with Crippen LogP contribution in [0.25, 0.3) is 0 Å². The molecule has 3 rings (SSSR count). The molecule has 0 heterocycles. The summed E-state index contributed by atoms with van der Waals surface area (Å²) in [5, 5.41) is 0. The minimum Gasteiger partial charge on any atom is -0.429 e. The Hall–Kier alpha value is -2.38. The van der Waals surface area contributed by atoms with Crippen LogP contribution in [0, 0.1) is 17.6 Å². The van der Waals surface area contributed by atoms with E-state index in [0.717, 1.165) is 43.6 Å². The van der Waals surface area contributed by atoms with Crippen molar-refractivity contribution in [3.63, 3.8) is 0 Å². The first-order valence-electron chi connectivity index (χ1n) is 9.80. The minimum atomic E-state index is -3.87. The van der Waals surface area contributed by atoms with Crippen molar-refractivity contribution in [2.45, 2.75) is 57.7 Å². The second-order valence-electron chi connectivity index (χ2n) is 7.46. The Morgan fingerprint density at radius 2 is 1.53 bits per heavy atom. The van der Waals surface area contributed by atoms with E-state index >= 15 is 0 Å². The third-order valence-corrected chi connectivity index (χ3v) is 5.57. The Labute approximate surface area is 170 Å². The van der Waals surface area contributed by atoms with Crippen molar-refractivity contribution in [2.75, 3.05) is 0 Å². The van der Waals surface area contributed by atoms with Crippen LogP contribution >= 0.6 is 0 Å². The maximum absolute atomic E-state index is 14.5. The summed E-state index contributed by atoms with van der Waals surface area (Å²) in [4.78, 5) is 0. The lowest BCUT2D eigenvalue weighted by atomic mass is 9.78. The number of benzene rings is 2. The molecule has 0 amide bonds. The van der Waals surface area contributed by atoms with E-state index in [4.69, 9.17) is 0 Å². The molecule has 0 bridgehead atoms. The Morgan fingerprint density at radius 3 is 2.03 bits per heavy atom. The van der Waals surface area contributed by atoms with Gasteiger partial charge in [-0.1, -0.05) is 25.5 Å². The summed E-state index contributed by atoms with van der Waals surface area (Å²) in [6, 6.07) is 6.42. The van der Waals surface area contributed by atoms with Gasteiger partial charge in [0, 0.05) is 12.1 Å². The van der Waals surface area contributed by atoms with Gasteiger partial charge in [0.2, 0.25) is 0 Å². The van der Waals surface area contributed by atoms with Crippen LogP contribution in [0.4, 0.5) is 26.3 Å². The zero-order chi connectivity index (χ0) is 21.9. The number of alkyl halides is 4. The molecule has 1 fully saturated rings. The first-order valence-corrected chi connectivity index (χ1v) is 9.80. The molecule has 2 aromatic carbocycles. The standard InChI is InChI=1S/C22H22F6O2/c1-2-13-3-5-14(6-4-13)15-7-9-16(10-8-15)22(27,28)30-17-11-18(23)20(19(24)12-17)29-21(25)26/h7-14,21H,2-6H2,1H3. The van der Waals surface area contributed by atoms with E-state index in [1.54, 1.807) is 12.1 Å². The van der Waals surface area contributed by atoms with Crippen LogP contribution in [0.3, 0.4) is 0 Å². The van der Waals surface area contributed by atoms with Crippen LogP contribution in [0.1, 0.15) is 56.1 Å². The molecular formula is C22H22F6O2. The molecule has 1 aliphatic rings. The van der Waals surface area contributed by atoms with Crippen molar-refractivity contribution < 1.29 is 35.8 Å². The van der Waals surface area contributed by atoms with Crippen LogP contribution in [0.15, 0.2) is 36.4 Å². The summed E-state index contributed by atoms with van der Waals surface area (Å²) in [5.41, 5.74) is 0.483. The van der Waals surface area contributed by atoms with Crippen LogP contribution in [-0.4, -0.2) is 6.61 Å². The molecule has 1 aliphatic carbocycles. The number of ether oxygens (including phenoxy) is 2. The lowest BCUT2D eigenvalue weighted by Gasteiger charge is -2.28. The van der Waals surface area contributed by atoms with Crippen molar-refractivity contribution in [2.24, 2.45) is 5.92 Å². The van der Waals surface area contributed by atoms with Gasteiger partial charge in [0.25, 0.3) is 0 Å². The molecule has 0 N–H and O–H groups in total. The molecule has 0 unspecified atom stereocenters. The molecule has 8 heteroatoms. The first-order chi connectivity index (χ1) is 14.2. The second kappa shape index (κ2) is 9.18.